The predicted molar refractivity (Wildman–Crippen MR) is 113 cm³/mol. The summed E-state index contributed by atoms with van der Waals surface area (Å²) in [6.45, 7) is 6.49. The number of thiocarbonyl (C=S) groups is 1. The van der Waals surface area contributed by atoms with Crippen LogP contribution in [0.4, 0.5) is 11.4 Å². The molecule has 0 atom stereocenters. The predicted octanol–water partition coefficient (Wildman–Crippen LogP) is 4.45. The summed E-state index contributed by atoms with van der Waals surface area (Å²) in [6, 6.07) is 11.4. The number of benzene rings is 2. The maximum Gasteiger partial charge on any atom is 0.274 e. The molecule has 148 valence electrons. The minimum Gasteiger partial charge on any atom is -0.494 e. The molecule has 0 aromatic heterocycles. The zero-order valence-electron chi connectivity index (χ0n) is 16.0. The van der Waals surface area contributed by atoms with E-state index in [1.54, 1.807) is 43.3 Å². The third-order valence-corrected chi connectivity index (χ3v) is 4.26. The summed E-state index contributed by atoms with van der Waals surface area (Å²) in [5.41, 5.74) is 1.31. The fourth-order valence-corrected chi connectivity index (χ4v) is 2.60. The van der Waals surface area contributed by atoms with Crippen molar-refractivity contribution in [3.63, 3.8) is 0 Å². The van der Waals surface area contributed by atoms with Crippen molar-refractivity contribution < 1.29 is 14.5 Å². The van der Waals surface area contributed by atoms with Gasteiger partial charge in [0, 0.05) is 11.6 Å². The molecule has 0 spiro atoms. The lowest BCUT2D eigenvalue weighted by Crippen LogP contribution is -2.34. The number of rotatable bonds is 7. The highest BCUT2D eigenvalue weighted by Crippen LogP contribution is 2.25. The first-order valence-electron chi connectivity index (χ1n) is 8.87. The van der Waals surface area contributed by atoms with E-state index in [9.17, 15) is 14.9 Å². The molecule has 0 bridgehead atoms. The van der Waals surface area contributed by atoms with Crippen LogP contribution in [0.15, 0.2) is 42.5 Å². The van der Waals surface area contributed by atoms with E-state index in [1.807, 2.05) is 0 Å². The van der Waals surface area contributed by atoms with Crippen molar-refractivity contribution in [1.82, 2.24) is 5.32 Å². The molecule has 2 aromatic rings. The monoisotopic (exact) mass is 401 g/mol. The summed E-state index contributed by atoms with van der Waals surface area (Å²) in [7, 11) is 0. The maximum atomic E-state index is 12.3. The molecule has 8 heteroatoms. The quantitative estimate of drug-likeness (QED) is 0.404. The Balaban J connectivity index is 1.95. The second-order valence-electron chi connectivity index (χ2n) is 6.67. The zero-order chi connectivity index (χ0) is 20.7. The average molecular weight is 401 g/mol. The molecule has 0 saturated heterocycles. The van der Waals surface area contributed by atoms with E-state index in [1.165, 1.54) is 6.07 Å². The molecule has 2 N–H and O–H groups in total. The van der Waals surface area contributed by atoms with Gasteiger partial charge in [0.25, 0.3) is 11.6 Å². The lowest BCUT2D eigenvalue weighted by Gasteiger charge is -2.12. The number of nitro benzene ring substituents is 1. The van der Waals surface area contributed by atoms with E-state index in [0.29, 0.717) is 35.1 Å². The van der Waals surface area contributed by atoms with Crippen LogP contribution >= 0.6 is 12.2 Å². The van der Waals surface area contributed by atoms with Gasteiger partial charge in [-0.15, -0.1) is 0 Å². The van der Waals surface area contributed by atoms with E-state index in [2.05, 4.69) is 24.5 Å². The van der Waals surface area contributed by atoms with Crippen LogP contribution in [0.5, 0.6) is 5.75 Å². The minimum absolute atomic E-state index is 0.0211. The van der Waals surface area contributed by atoms with Crippen LogP contribution in [0, 0.1) is 23.0 Å². The number of nitrogens with one attached hydrogen (secondary N) is 2. The van der Waals surface area contributed by atoms with Gasteiger partial charge >= 0.3 is 0 Å². The molecule has 0 heterocycles. The van der Waals surface area contributed by atoms with Crippen molar-refractivity contribution in [2.45, 2.75) is 27.2 Å². The van der Waals surface area contributed by atoms with E-state index >= 15 is 0 Å². The van der Waals surface area contributed by atoms with Crippen LogP contribution in [0.2, 0.25) is 0 Å². The summed E-state index contributed by atoms with van der Waals surface area (Å²) in [5.74, 6) is 0.882. The molecule has 0 fully saturated rings. The fourth-order valence-electron chi connectivity index (χ4n) is 2.40. The normalized spacial score (nSPS) is 10.4. The van der Waals surface area contributed by atoms with E-state index in [-0.39, 0.29) is 16.7 Å². The smallest absolute Gasteiger partial charge is 0.274 e. The van der Waals surface area contributed by atoms with Gasteiger partial charge in [-0.3, -0.25) is 20.2 Å². The number of hydrogen-bond acceptors (Lipinski definition) is 5. The van der Waals surface area contributed by atoms with Crippen LogP contribution in [-0.4, -0.2) is 22.5 Å². The van der Waals surface area contributed by atoms with Crippen molar-refractivity contribution in [2.24, 2.45) is 5.92 Å². The highest BCUT2D eigenvalue weighted by Gasteiger charge is 2.15. The molecule has 0 aliphatic heterocycles. The van der Waals surface area contributed by atoms with Gasteiger partial charge in [-0.05, 0) is 61.8 Å². The second kappa shape index (κ2) is 9.80. The molecule has 0 radical (unpaired) electrons. The van der Waals surface area contributed by atoms with Crippen molar-refractivity contribution in [3.8, 4) is 5.75 Å². The third-order valence-electron chi connectivity index (χ3n) is 4.06. The molecule has 0 aliphatic carbocycles. The largest absolute Gasteiger partial charge is 0.494 e. The van der Waals surface area contributed by atoms with Gasteiger partial charge in [0.05, 0.1) is 22.8 Å². The van der Waals surface area contributed by atoms with Crippen LogP contribution in [0.25, 0.3) is 0 Å². The summed E-state index contributed by atoms with van der Waals surface area (Å²) < 4.78 is 5.63. The first kappa shape index (κ1) is 21.3. The molecule has 2 aromatic carbocycles. The SMILES string of the molecule is Cc1c(NC(=S)NC(=O)c2ccc(OCCC(C)C)cc2)cccc1[N+](=O)[O-]. The molecule has 0 aliphatic rings. The van der Waals surface area contributed by atoms with Crippen LogP contribution in [0.3, 0.4) is 0 Å². The zero-order valence-corrected chi connectivity index (χ0v) is 16.8. The Morgan fingerprint density at radius 2 is 1.89 bits per heavy atom. The van der Waals surface area contributed by atoms with Gasteiger partial charge in [-0.25, -0.2) is 0 Å². The maximum absolute atomic E-state index is 12.3. The topological polar surface area (TPSA) is 93.5 Å². The van der Waals surface area contributed by atoms with Gasteiger partial charge in [0.15, 0.2) is 5.11 Å². The molecule has 2 rings (SSSR count). The number of anilines is 1. The Hall–Kier alpha value is -3.00. The van der Waals surface area contributed by atoms with Gasteiger partial charge in [0.1, 0.15) is 5.75 Å². The third kappa shape index (κ3) is 6.02. The van der Waals surface area contributed by atoms with Gasteiger partial charge < -0.3 is 10.1 Å². The Morgan fingerprint density at radius 1 is 1.21 bits per heavy atom. The molecule has 7 nitrogen and oxygen atoms in total. The Kier molecular flexibility index (Phi) is 7.45. The first-order valence-corrected chi connectivity index (χ1v) is 9.28. The van der Waals surface area contributed by atoms with Crippen LogP contribution in [0.1, 0.15) is 36.2 Å². The molecular weight excluding hydrogens is 378 g/mol. The number of hydrogen-bond donors (Lipinski definition) is 2. The standard InChI is InChI=1S/C20H23N3O4S/c1-13(2)11-12-27-16-9-7-15(8-10-16)19(24)22-20(28)21-17-5-4-6-18(14(17)3)23(25)26/h4-10,13H,11-12H2,1-3H3,(H2,21,22,24,28). The molecule has 0 saturated carbocycles. The number of ether oxygens (including phenoxy) is 1. The summed E-state index contributed by atoms with van der Waals surface area (Å²) >= 11 is 5.15. The average Bonchev–Trinajstić information content (AvgIpc) is 2.63. The van der Waals surface area contributed by atoms with E-state index in [0.717, 1.165) is 6.42 Å². The minimum atomic E-state index is -0.465. The van der Waals surface area contributed by atoms with Gasteiger partial charge in [-0.2, -0.15) is 0 Å². The Labute approximate surface area is 169 Å². The molecule has 1 amide bonds. The molecule has 0 unspecified atom stereocenters. The highest BCUT2D eigenvalue weighted by molar-refractivity contribution is 7.80. The van der Waals surface area contributed by atoms with Crippen LogP contribution in [-0.2, 0) is 0 Å². The lowest BCUT2D eigenvalue weighted by molar-refractivity contribution is -0.385. The number of carbonyl (C=O) groups excluding carboxylic acids is 1. The summed E-state index contributed by atoms with van der Waals surface area (Å²) in [6.07, 6.45) is 0.958. The van der Waals surface area contributed by atoms with Gasteiger partial charge in [-0.1, -0.05) is 19.9 Å². The summed E-state index contributed by atoms with van der Waals surface area (Å²) in [5, 5.41) is 16.5. The van der Waals surface area contributed by atoms with E-state index in [4.69, 9.17) is 17.0 Å². The number of carbonyl (C=O) groups is 1. The van der Waals surface area contributed by atoms with Crippen LogP contribution < -0.4 is 15.4 Å². The van der Waals surface area contributed by atoms with Crippen molar-refractivity contribution in [3.05, 3.63) is 63.7 Å². The van der Waals surface area contributed by atoms with Gasteiger partial charge in [0.2, 0.25) is 0 Å². The van der Waals surface area contributed by atoms with Crippen molar-refractivity contribution in [1.29, 1.82) is 0 Å². The second-order valence-corrected chi connectivity index (χ2v) is 7.08. The van der Waals surface area contributed by atoms with Crippen molar-refractivity contribution in [2.75, 3.05) is 11.9 Å². The lowest BCUT2D eigenvalue weighted by atomic mass is 10.1. The van der Waals surface area contributed by atoms with E-state index < -0.39 is 4.92 Å². The summed E-state index contributed by atoms with van der Waals surface area (Å²) in [4.78, 5) is 22.9. The van der Waals surface area contributed by atoms with Crippen molar-refractivity contribution >= 4 is 34.6 Å². The Morgan fingerprint density at radius 3 is 2.50 bits per heavy atom. The molecule has 28 heavy (non-hydrogen) atoms. The Bertz CT molecular complexity index is 866. The fraction of sp³-hybridized carbons (Fsp3) is 0.300. The number of nitro groups is 1. The first-order chi connectivity index (χ1) is 13.3. The number of amides is 1. The highest BCUT2D eigenvalue weighted by atomic mass is 32.1. The number of nitrogens with zero attached hydrogens (tertiary/aromatic N) is 1. The molecular formula is C20H23N3O4S.